The Bertz CT molecular complexity index is 306. The van der Waals surface area contributed by atoms with Crippen LogP contribution < -0.4 is 5.32 Å². The first-order valence-electron chi connectivity index (χ1n) is 6.62. The van der Waals surface area contributed by atoms with Crippen LogP contribution in [0.3, 0.4) is 0 Å². The normalized spacial score (nSPS) is 26.9. The quantitative estimate of drug-likeness (QED) is 0.806. The summed E-state index contributed by atoms with van der Waals surface area (Å²) in [5, 5.41) is 3.80. The summed E-state index contributed by atoms with van der Waals surface area (Å²) >= 11 is 0. The average molecular weight is 217 g/mol. The fourth-order valence-electron chi connectivity index (χ4n) is 2.90. The fourth-order valence-corrected chi connectivity index (χ4v) is 2.90. The highest BCUT2D eigenvalue weighted by Crippen LogP contribution is 2.29. The maximum absolute atomic E-state index is 3.80. The van der Waals surface area contributed by atoms with Crippen LogP contribution in [0.25, 0.3) is 0 Å². The molecule has 3 atom stereocenters. The standard InChI is InChI=1S/C15H23N/c1-3-13-10-7-11-15(13)16-12(2)14-8-5-4-6-9-14/h4-6,8-9,12-13,15-16H,3,7,10-11H2,1-2H3/t12-,13?,15?/m0/s1. The molecule has 1 aliphatic carbocycles. The van der Waals surface area contributed by atoms with Crippen molar-refractivity contribution < 1.29 is 0 Å². The monoisotopic (exact) mass is 217 g/mol. The molecule has 0 saturated heterocycles. The Hall–Kier alpha value is -0.820. The van der Waals surface area contributed by atoms with Crippen molar-refractivity contribution in [3.05, 3.63) is 35.9 Å². The molecular formula is C15H23N. The molecule has 1 heteroatoms. The largest absolute Gasteiger partial charge is 0.307 e. The third-order valence-electron chi connectivity index (χ3n) is 3.95. The lowest BCUT2D eigenvalue weighted by atomic mass is 9.98. The smallest absolute Gasteiger partial charge is 0.0294 e. The van der Waals surface area contributed by atoms with E-state index in [0.717, 1.165) is 12.0 Å². The minimum Gasteiger partial charge on any atom is -0.307 e. The molecule has 1 saturated carbocycles. The Kier molecular flexibility index (Phi) is 4.00. The lowest BCUT2D eigenvalue weighted by Gasteiger charge is -2.24. The van der Waals surface area contributed by atoms with Crippen molar-refractivity contribution in [2.24, 2.45) is 5.92 Å². The molecule has 0 bridgehead atoms. The van der Waals surface area contributed by atoms with Crippen molar-refractivity contribution in [2.45, 2.75) is 51.6 Å². The predicted molar refractivity (Wildman–Crippen MR) is 69.4 cm³/mol. The van der Waals surface area contributed by atoms with Gasteiger partial charge in [-0.2, -0.15) is 0 Å². The van der Waals surface area contributed by atoms with Gasteiger partial charge in [0.15, 0.2) is 0 Å². The van der Waals surface area contributed by atoms with Gasteiger partial charge in [-0.05, 0) is 31.2 Å². The van der Waals surface area contributed by atoms with Gasteiger partial charge in [-0.15, -0.1) is 0 Å². The molecule has 0 aliphatic heterocycles. The summed E-state index contributed by atoms with van der Waals surface area (Å²) in [5.74, 6) is 0.895. The highest BCUT2D eigenvalue weighted by molar-refractivity contribution is 5.18. The first-order chi connectivity index (χ1) is 7.81. The van der Waals surface area contributed by atoms with Crippen molar-refractivity contribution in [2.75, 3.05) is 0 Å². The van der Waals surface area contributed by atoms with Crippen molar-refractivity contribution in [3.63, 3.8) is 0 Å². The number of hydrogen-bond acceptors (Lipinski definition) is 1. The highest BCUT2D eigenvalue weighted by atomic mass is 15.0. The number of nitrogens with one attached hydrogen (secondary N) is 1. The summed E-state index contributed by atoms with van der Waals surface area (Å²) in [7, 11) is 0. The zero-order valence-electron chi connectivity index (χ0n) is 10.4. The third-order valence-corrected chi connectivity index (χ3v) is 3.95. The van der Waals surface area contributed by atoms with E-state index in [1.165, 1.54) is 31.2 Å². The van der Waals surface area contributed by atoms with Gasteiger partial charge in [-0.3, -0.25) is 0 Å². The van der Waals surface area contributed by atoms with Crippen LogP contribution in [0.2, 0.25) is 0 Å². The average Bonchev–Trinajstić information content (AvgIpc) is 2.77. The van der Waals surface area contributed by atoms with E-state index in [1.54, 1.807) is 0 Å². The van der Waals surface area contributed by atoms with E-state index >= 15 is 0 Å². The first kappa shape index (κ1) is 11.7. The van der Waals surface area contributed by atoms with Gasteiger partial charge >= 0.3 is 0 Å². The van der Waals surface area contributed by atoms with Crippen molar-refractivity contribution in [3.8, 4) is 0 Å². The molecule has 0 amide bonds. The van der Waals surface area contributed by atoms with Crippen LogP contribution in [0.15, 0.2) is 30.3 Å². The number of hydrogen-bond donors (Lipinski definition) is 1. The van der Waals surface area contributed by atoms with Crippen molar-refractivity contribution in [1.82, 2.24) is 5.32 Å². The minimum atomic E-state index is 0.485. The summed E-state index contributed by atoms with van der Waals surface area (Å²) in [5.41, 5.74) is 1.41. The van der Waals surface area contributed by atoms with Gasteiger partial charge in [-0.25, -0.2) is 0 Å². The molecule has 0 heterocycles. The Morgan fingerprint density at radius 1 is 1.25 bits per heavy atom. The molecule has 1 aromatic rings. The second kappa shape index (κ2) is 5.49. The molecule has 1 N–H and O–H groups in total. The van der Waals surface area contributed by atoms with Gasteiger partial charge in [0, 0.05) is 12.1 Å². The van der Waals surface area contributed by atoms with E-state index < -0.39 is 0 Å². The molecule has 1 nitrogen and oxygen atoms in total. The third kappa shape index (κ3) is 2.65. The van der Waals surface area contributed by atoms with Gasteiger partial charge in [0.05, 0.1) is 0 Å². The van der Waals surface area contributed by atoms with Crippen LogP contribution in [0.5, 0.6) is 0 Å². The van der Waals surface area contributed by atoms with E-state index in [-0.39, 0.29) is 0 Å². The van der Waals surface area contributed by atoms with Gasteiger partial charge in [-0.1, -0.05) is 50.1 Å². The van der Waals surface area contributed by atoms with Crippen LogP contribution in [-0.4, -0.2) is 6.04 Å². The Morgan fingerprint density at radius 3 is 2.69 bits per heavy atom. The van der Waals surface area contributed by atoms with Crippen LogP contribution >= 0.6 is 0 Å². The zero-order valence-corrected chi connectivity index (χ0v) is 10.4. The molecule has 16 heavy (non-hydrogen) atoms. The summed E-state index contributed by atoms with van der Waals surface area (Å²) < 4.78 is 0. The molecule has 0 aromatic heterocycles. The number of benzene rings is 1. The van der Waals surface area contributed by atoms with E-state index in [2.05, 4.69) is 49.5 Å². The first-order valence-corrected chi connectivity index (χ1v) is 6.62. The van der Waals surface area contributed by atoms with Gasteiger partial charge in [0.2, 0.25) is 0 Å². The fraction of sp³-hybridized carbons (Fsp3) is 0.600. The number of rotatable bonds is 4. The van der Waals surface area contributed by atoms with Crippen molar-refractivity contribution >= 4 is 0 Å². The van der Waals surface area contributed by atoms with Gasteiger partial charge < -0.3 is 5.32 Å². The lowest BCUT2D eigenvalue weighted by Crippen LogP contribution is -2.34. The van der Waals surface area contributed by atoms with Crippen LogP contribution in [-0.2, 0) is 0 Å². The minimum absolute atomic E-state index is 0.485. The molecule has 1 aliphatic rings. The van der Waals surface area contributed by atoms with E-state index in [4.69, 9.17) is 0 Å². The summed E-state index contributed by atoms with van der Waals surface area (Å²) in [6, 6.07) is 12.0. The predicted octanol–water partition coefficient (Wildman–Crippen LogP) is 3.92. The van der Waals surface area contributed by atoms with Gasteiger partial charge in [0.25, 0.3) is 0 Å². The Balaban J connectivity index is 1.94. The zero-order chi connectivity index (χ0) is 11.4. The molecule has 88 valence electrons. The molecule has 1 fully saturated rings. The second-order valence-electron chi connectivity index (χ2n) is 5.00. The molecular weight excluding hydrogens is 194 g/mol. The summed E-state index contributed by atoms with van der Waals surface area (Å²) in [6.45, 7) is 4.60. The van der Waals surface area contributed by atoms with E-state index in [0.29, 0.717) is 6.04 Å². The maximum Gasteiger partial charge on any atom is 0.0294 e. The highest BCUT2D eigenvalue weighted by Gasteiger charge is 2.26. The van der Waals surface area contributed by atoms with Crippen LogP contribution in [0, 0.1) is 5.92 Å². The van der Waals surface area contributed by atoms with E-state index in [1.807, 2.05) is 0 Å². The summed E-state index contributed by atoms with van der Waals surface area (Å²) in [6.07, 6.45) is 5.49. The Labute approximate surface area is 99.3 Å². The van der Waals surface area contributed by atoms with Crippen molar-refractivity contribution in [1.29, 1.82) is 0 Å². The lowest BCUT2D eigenvalue weighted by molar-refractivity contribution is 0.360. The molecule has 2 rings (SSSR count). The molecule has 2 unspecified atom stereocenters. The summed E-state index contributed by atoms with van der Waals surface area (Å²) in [4.78, 5) is 0. The Morgan fingerprint density at radius 2 is 2.00 bits per heavy atom. The maximum atomic E-state index is 3.80. The van der Waals surface area contributed by atoms with Crippen LogP contribution in [0.1, 0.15) is 51.1 Å². The topological polar surface area (TPSA) is 12.0 Å². The SMILES string of the molecule is CCC1CCCC1N[C@@H](C)c1ccccc1. The van der Waals surface area contributed by atoms with Crippen LogP contribution in [0.4, 0.5) is 0 Å². The molecule has 0 radical (unpaired) electrons. The molecule has 0 spiro atoms. The molecule has 1 aromatic carbocycles. The van der Waals surface area contributed by atoms with Gasteiger partial charge in [0.1, 0.15) is 0 Å². The second-order valence-corrected chi connectivity index (χ2v) is 5.00. The van der Waals surface area contributed by atoms with E-state index in [9.17, 15) is 0 Å².